The summed E-state index contributed by atoms with van der Waals surface area (Å²) < 4.78 is 1.89. The lowest BCUT2D eigenvalue weighted by Crippen LogP contribution is -2.34. The summed E-state index contributed by atoms with van der Waals surface area (Å²) in [6, 6.07) is 12.1. The van der Waals surface area contributed by atoms with Crippen molar-refractivity contribution in [3.8, 4) is 0 Å². The fourth-order valence-electron chi connectivity index (χ4n) is 4.46. The maximum absolute atomic E-state index is 6.23. The first-order chi connectivity index (χ1) is 16.1. The Morgan fingerprint density at radius 3 is 2.82 bits per heavy atom. The van der Waals surface area contributed by atoms with Gasteiger partial charge in [-0.05, 0) is 54.2 Å². The molecule has 0 bridgehead atoms. The van der Waals surface area contributed by atoms with Crippen LogP contribution < -0.4 is 10.8 Å². The highest BCUT2D eigenvalue weighted by Crippen LogP contribution is 2.30. The van der Waals surface area contributed by atoms with Crippen molar-refractivity contribution in [3.05, 3.63) is 81.9 Å². The molecule has 33 heavy (non-hydrogen) atoms. The summed E-state index contributed by atoms with van der Waals surface area (Å²) in [5, 5.41) is 9.29. The monoisotopic (exact) mass is 478 g/mol. The topological polar surface area (TPSA) is 58.4 Å². The first kappa shape index (κ1) is 22.2. The Morgan fingerprint density at radius 2 is 2.00 bits per heavy atom. The molecule has 0 amide bonds. The predicted octanol–water partition coefficient (Wildman–Crippen LogP) is 3.68. The maximum atomic E-state index is 6.23. The second-order valence-corrected chi connectivity index (χ2v) is 9.48. The fraction of sp³-hybridized carbons (Fsp3) is 0.292. The van der Waals surface area contributed by atoms with Crippen molar-refractivity contribution in [2.75, 3.05) is 18.4 Å². The molecule has 1 saturated heterocycles. The zero-order chi connectivity index (χ0) is 22.8. The van der Waals surface area contributed by atoms with Gasteiger partial charge in [-0.3, -0.25) is 9.88 Å². The molecule has 5 rings (SSSR count). The van der Waals surface area contributed by atoms with Gasteiger partial charge in [0.25, 0.3) is 0 Å². The summed E-state index contributed by atoms with van der Waals surface area (Å²) in [7, 11) is 2.06. The van der Waals surface area contributed by atoms with Crippen molar-refractivity contribution in [1.82, 2.24) is 24.5 Å². The average Bonchev–Trinajstić information content (AvgIpc) is 3.21. The van der Waals surface area contributed by atoms with Gasteiger partial charge in [0.15, 0.2) is 5.65 Å². The fourth-order valence-corrected chi connectivity index (χ4v) is 4.78. The molecule has 1 unspecified atom stereocenters. The molecule has 4 heterocycles. The quantitative estimate of drug-likeness (QED) is 0.428. The molecule has 6 nitrogen and oxygen atoms in total. The van der Waals surface area contributed by atoms with Crippen LogP contribution in [0.3, 0.4) is 0 Å². The number of hydrogen-bond acceptors (Lipinski definition) is 5. The van der Waals surface area contributed by atoms with E-state index in [2.05, 4.69) is 46.3 Å². The lowest BCUT2D eigenvalue weighted by Gasteiger charge is -2.32. The second-order valence-electron chi connectivity index (χ2n) is 8.67. The standard InChI is InChI=1S/C24H25BCl2N6/c25-19-13-30-33-23(29-12-17-3-1-7-28-11-17)10-22(31-24(19)33)18-4-2-8-32(15-18)14-16-5-6-20(26)21(27)9-16/h1,3,5-7,9-11,13,18,29H,2,4,8,12,14-15,25H2. The van der Waals surface area contributed by atoms with Gasteiger partial charge in [-0.15, -0.1) is 0 Å². The number of aromatic nitrogens is 4. The van der Waals surface area contributed by atoms with E-state index in [1.165, 1.54) is 5.56 Å². The van der Waals surface area contributed by atoms with Crippen LogP contribution in [0.5, 0.6) is 0 Å². The van der Waals surface area contributed by atoms with Crippen molar-refractivity contribution >= 4 is 48.0 Å². The molecule has 9 heteroatoms. The summed E-state index contributed by atoms with van der Waals surface area (Å²) in [4.78, 5) is 11.7. The molecular weight excluding hydrogens is 454 g/mol. The number of halogens is 2. The highest BCUT2D eigenvalue weighted by atomic mass is 35.5. The number of fused-ring (bicyclic) bond motifs is 1. The van der Waals surface area contributed by atoms with Crippen LogP contribution in [0.1, 0.15) is 35.6 Å². The Morgan fingerprint density at radius 1 is 1.09 bits per heavy atom. The first-order valence-corrected chi connectivity index (χ1v) is 12.0. The number of anilines is 1. The minimum atomic E-state index is 0.361. The molecule has 4 aromatic rings. The van der Waals surface area contributed by atoms with Gasteiger partial charge in [-0.25, -0.2) is 4.98 Å². The highest BCUT2D eigenvalue weighted by molar-refractivity contribution is 6.42. The summed E-state index contributed by atoms with van der Waals surface area (Å²) in [6.45, 7) is 3.56. The summed E-state index contributed by atoms with van der Waals surface area (Å²) in [5.41, 5.74) is 5.39. The number of rotatable bonds is 6. The number of nitrogens with zero attached hydrogens (tertiary/aromatic N) is 5. The number of likely N-dealkylation sites (tertiary alicyclic amines) is 1. The Kier molecular flexibility index (Phi) is 6.53. The largest absolute Gasteiger partial charge is 0.366 e. The van der Waals surface area contributed by atoms with Crippen LogP contribution in [0.15, 0.2) is 55.0 Å². The Balaban J connectivity index is 1.37. The van der Waals surface area contributed by atoms with E-state index in [1.807, 2.05) is 35.1 Å². The van der Waals surface area contributed by atoms with Crippen molar-refractivity contribution in [2.24, 2.45) is 0 Å². The molecule has 0 saturated carbocycles. The molecule has 1 aromatic carbocycles. The lowest BCUT2D eigenvalue weighted by atomic mass is 9.93. The van der Waals surface area contributed by atoms with Crippen molar-refractivity contribution in [1.29, 1.82) is 0 Å². The van der Waals surface area contributed by atoms with Crippen LogP contribution in [-0.2, 0) is 13.1 Å². The van der Waals surface area contributed by atoms with Crippen molar-refractivity contribution in [2.45, 2.75) is 31.8 Å². The third-order valence-corrected chi connectivity index (χ3v) is 6.92. The van der Waals surface area contributed by atoms with E-state index in [1.54, 1.807) is 6.20 Å². The Labute approximate surface area is 204 Å². The predicted molar refractivity (Wildman–Crippen MR) is 136 cm³/mol. The number of pyridine rings is 1. The van der Waals surface area contributed by atoms with E-state index in [-0.39, 0.29) is 0 Å². The molecule has 3 aromatic heterocycles. The third kappa shape index (κ3) is 5.00. The molecule has 0 aliphatic carbocycles. The van der Waals surface area contributed by atoms with Crippen LogP contribution >= 0.6 is 23.2 Å². The van der Waals surface area contributed by atoms with Gasteiger partial charge < -0.3 is 5.32 Å². The Bertz CT molecular complexity index is 1260. The maximum Gasteiger partial charge on any atom is 0.151 e. The van der Waals surface area contributed by atoms with Crippen LogP contribution in [0, 0.1) is 0 Å². The van der Waals surface area contributed by atoms with Gasteiger partial charge in [-0.2, -0.15) is 9.61 Å². The smallest absolute Gasteiger partial charge is 0.151 e. The highest BCUT2D eigenvalue weighted by Gasteiger charge is 2.24. The van der Waals surface area contributed by atoms with Gasteiger partial charge in [0, 0.05) is 50.2 Å². The molecule has 168 valence electrons. The van der Waals surface area contributed by atoms with Gasteiger partial charge >= 0.3 is 0 Å². The molecule has 0 radical (unpaired) electrons. The molecule has 1 atom stereocenters. The SMILES string of the molecule is Bc1cnn2c(NCc3cccnc3)cc(C3CCCN(Cc4ccc(Cl)c(Cl)c4)C3)nc12. The summed E-state index contributed by atoms with van der Waals surface area (Å²) in [5.74, 6) is 1.31. The zero-order valence-corrected chi connectivity index (χ0v) is 20.0. The van der Waals surface area contributed by atoms with Gasteiger partial charge in [-0.1, -0.05) is 35.3 Å². The first-order valence-electron chi connectivity index (χ1n) is 11.2. The van der Waals surface area contributed by atoms with E-state index in [4.69, 9.17) is 28.2 Å². The molecule has 1 fully saturated rings. The number of nitrogens with one attached hydrogen (secondary N) is 1. The molecule has 1 aliphatic heterocycles. The van der Waals surface area contributed by atoms with E-state index in [9.17, 15) is 0 Å². The van der Waals surface area contributed by atoms with Crippen LogP contribution in [-0.4, -0.2) is 45.4 Å². The minimum Gasteiger partial charge on any atom is -0.366 e. The number of hydrogen-bond donors (Lipinski definition) is 1. The third-order valence-electron chi connectivity index (χ3n) is 6.18. The van der Waals surface area contributed by atoms with Gasteiger partial charge in [0.1, 0.15) is 13.7 Å². The molecule has 1 N–H and O–H groups in total. The summed E-state index contributed by atoms with van der Waals surface area (Å²) in [6.07, 6.45) is 7.79. The van der Waals surface area contributed by atoms with E-state index < -0.39 is 0 Å². The van der Waals surface area contributed by atoms with Gasteiger partial charge in [0.2, 0.25) is 0 Å². The lowest BCUT2D eigenvalue weighted by molar-refractivity contribution is 0.198. The minimum absolute atomic E-state index is 0.361. The van der Waals surface area contributed by atoms with Crippen LogP contribution in [0.2, 0.25) is 10.0 Å². The van der Waals surface area contributed by atoms with Crippen LogP contribution in [0.25, 0.3) is 5.65 Å². The second kappa shape index (κ2) is 9.71. The summed E-state index contributed by atoms with van der Waals surface area (Å²) >= 11 is 12.3. The molecular formula is C24H25BCl2N6. The van der Waals surface area contributed by atoms with Crippen molar-refractivity contribution in [3.63, 3.8) is 0 Å². The van der Waals surface area contributed by atoms with E-state index in [0.717, 1.165) is 60.7 Å². The number of piperidine rings is 1. The zero-order valence-electron chi connectivity index (χ0n) is 18.5. The van der Waals surface area contributed by atoms with Crippen LogP contribution in [0.4, 0.5) is 5.82 Å². The van der Waals surface area contributed by atoms with E-state index >= 15 is 0 Å². The Hall–Kier alpha value is -2.61. The van der Waals surface area contributed by atoms with E-state index in [0.29, 0.717) is 22.5 Å². The average molecular weight is 479 g/mol. The molecule has 0 spiro atoms. The van der Waals surface area contributed by atoms with Gasteiger partial charge in [0.05, 0.1) is 15.7 Å². The normalized spacial score (nSPS) is 16.8. The van der Waals surface area contributed by atoms with Crippen molar-refractivity contribution < 1.29 is 0 Å². The molecule has 1 aliphatic rings. The number of benzene rings is 1.